The average molecular weight is 255 g/mol. The molecule has 0 amide bonds. The number of rotatable bonds is 4. The summed E-state index contributed by atoms with van der Waals surface area (Å²) in [4.78, 5) is 11.2. The molecule has 0 fully saturated rings. The number of hydrogen-bond acceptors (Lipinski definition) is 2. The van der Waals surface area contributed by atoms with Gasteiger partial charge in [-0.15, -0.1) is 0 Å². The zero-order chi connectivity index (χ0) is 13.8. The highest BCUT2D eigenvalue weighted by Crippen LogP contribution is 2.22. The Morgan fingerprint density at radius 1 is 1.16 bits per heavy atom. The van der Waals surface area contributed by atoms with Crippen molar-refractivity contribution in [2.45, 2.75) is 20.3 Å². The molecule has 0 aromatic heterocycles. The highest BCUT2D eigenvalue weighted by molar-refractivity contribution is 5.95. The zero-order valence-corrected chi connectivity index (χ0v) is 11.1. The standard InChI is InChI=1S/C16H17NO2/c1-3-12-5-7-13(8-6-12)17-15-9-4-11(2)10-14(15)16(18)19/h4-10,17H,3H2,1-2H3,(H,18,19). The Kier molecular flexibility index (Phi) is 3.85. The molecule has 0 aliphatic heterocycles. The molecule has 0 heterocycles. The Labute approximate surface area is 112 Å². The Morgan fingerprint density at radius 3 is 2.42 bits per heavy atom. The normalized spacial score (nSPS) is 10.2. The Morgan fingerprint density at radius 2 is 1.84 bits per heavy atom. The van der Waals surface area contributed by atoms with E-state index in [0.717, 1.165) is 17.7 Å². The lowest BCUT2D eigenvalue weighted by Gasteiger charge is -2.11. The van der Waals surface area contributed by atoms with Crippen LogP contribution in [0.2, 0.25) is 0 Å². The van der Waals surface area contributed by atoms with Crippen LogP contribution in [0.3, 0.4) is 0 Å². The maximum absolute atomic E-state index is 11.2. The highest BCUT2D eigenvalue weighted by atomic mass is 16.4. The van der Waals surface area contributed by atoms with E-state index in [-0.39, 0.29) is 0 Å². The van der Waals surface area contributed by atoms with Gasteiger partial charge in [-0.1, -0.05) is 30.7 Å². The summed E-state index contributed by atoms with van der Waals surface area (Å²) < 4.78 is 0. The summed E-state index contributed by atoms with van der Waals surface area (Å²) in [6.07, 6.45) is 0.991. The molecule has 0 spiro atoms. The first-order valence-electron chi connectivity index (χ1n) is 6.30. The second-order valence-electron chi connectivity index (χ2n) is 4.53. The van der Waals surface area contributed by atoms with E-state index in [2.05, 4.69) is 12.2 Å². The Bertz CT molecular complexity index is 588. The van der Waals surface area contributed by atoms with Crippen LogP contribution in [0.1, 0.15) is 28.4 Å². The SMILES string of the molecule is CCc1ccc(Nc2ccc(C)cc2C(=O)O)cc1. The van der Waals surface area contributed by atoms with Crippen LogP contribution in [-0.2, 0) is 6.42 Å². The van der Waals surface area contributed by atoms with Gasteiger partial charge in [0.25, 0.3) is 0 Å². The van der Waals surface area contributed by atoms with Crippen molar-refractivity contribution in [1.82, 2.24) is 0 Å². The minimum Gasteiger partial charge on any atom is -0.478 e. The molecule has 2 N–H and O–H groups in total. The second-order valence-corrected chi connectivity index (χ2v) is 4.53. The molecule has 0 aliphatic rings. The van der Waals surface area contributed by atoms with Crippen LogP contribution >= 0.6 is 0 Å². The number of carboxylic acids is 1. The lowest BCUT2D eigenvalue weighted by atomic mass is 10.1. The van der Waals surface area contributed by atoms with Crippen LogP contribution in [-0.4, -0.2) is 11.1 Å². The number of carboxylic acid groups (broad SMARTS) is 1. The van der Waals surface area contributed by atoms with Gasteiger partial charge < -0.3 is 10.4 Å². The highest BCUT2D eigenvalue weighted by Gasteiger charge is 2.10. The molecule has 0 aliphatic carbocycles. The molecule has 0 bridgehead atoms. The summed E-state index contributed by atoms with van der Waals surface area (Å²) >= 11 is 0. The molecule has 2 rings (SSSR count). The van der Waals surface area contributed by atoms with E-state index in [4.69, 9.17) is 0 Å². The van der Waals surface area contributed by atoms with Gasteiger partial charge in [0.1, 0.15) is 0 Å². The van der Waals surface area contributed by atoms with Crippen LogP contribution in [0.5, 0.6) is 0 Å². The van der Waals surface area contributed by atoms with Crippen LogP contribution in [0, 0.1) is 6.92 Å². The van der Waals surface area contributed by atoms with E-state index in [1.54, 1.807) is 12.1 Å². The first kappa shape index (κ1) is 13.1. The van der Waals surface area contributed by atoms with E-state index in [0.29, 0.717) is 11.3 Å². The molecule has 3 nitrogen and oxygen atoms in total. The minimum absolute atomic E-state index is 0.291. The summed E-state index contributed by atoms with van der Waals surface area (Å²) in [6.45, 7) is 3.98. The molecule has 0 radical (unpaired) electrons. The van der Waals surface area contributed by atoms with Gasteiger partial charge in [-0.25, -0.2) is 4.79 Å². The fraction of sp³-hybridized carbons (Fsp3) is 0.188. The summed E-state index contributed by atoms with van der Waals surface area (Å²) in [5.74, 6) is -0.920. The van der Waals surface area contributed by atoms with Crippen molar-refractivity contribution in [3.63, 3.8) is 0 Å². The van der Waals surface area contributed by atoms with E-state index >= 15 is 0 Å². The van der Waals surface area contributed by atoms with Gasteiger partial charge in [0.2, 0.25) is 0 Å². The number of hydrogen-bond donors (Lipinski definition) is 2. The third-order valence-electron chi connectivity index (χ3n) is 3.05. The van der Waals surface area contributed by atoms with Gasteiger partial charge in [-0.3, -0.25) is 0 Å². The van der Waals surface area contributed by atoms with Crippen molar-refractivity contribution >= 4 is 17.3 Å². The van der Waals surface area contributed by atoms with Crippen molar-refractivity contribution in [3.8, 4) is 0 Å². The van der Waals surface area contributed by atoms with Crippen LogP contribution in [0.25, 0.3) is 0 Å². The smallest absolute Gasteiger partial charge is 0.337 e. The van der Waals surface area contributed by atoms with Crippen molar-refractivity contribution in [2.75, 3.05) is 5.32 Å². The quantitative estimate of drug-likeness (QED) is 0.868. The molecule has 0 atom stereocenters. The summed E-state index contributed by atoms with van der Waals surface area (Å²) in [5.41, 5.74) is 3.99. The number of benzene rings is 2. The van der Waals surface area contributed by atoms with E-state index in [9.17, 15) is 9.90 Å². The Balaban J connectivity index is 2.29. The average Bonchev–Trinajstić information content (AvgIpc) is 2.41. The van der Waals surface area contributed by atoms with E-state index in [1.807, 2.05) is 37.3 Å². The molecule has 2 aromatic rings. The van der Waals surface area contributed by atoms with Gasteiger partial charge in [-0.2, -0.15) is 0 Å². The summed E-state index contributed by atoms with van der Waals surface area (Å²) in [5, 5.41) is 12.4. The van der Waals surface area contributed by atoms with Gasteiger partial charge in [-0.05, 0) is 43.2 Å². The first-order chi connectivity index (χ1) is 9.10. The monoisotopic (exact) mass is 255 g/mol. The third-order valence-corrected chi connectivity index (χ3v) is 3.05. The number of carbonyl (C=O) groups is 1. The maximum Gasteiger partial charge on any atom is 0.337 e. The molecular formula is C16H17NO2. The van der Waals surface area contributed by atoms with Gasteiger partial charge in [0.15, 0.2) is 0 Å². The third kappa shape index (κ3) is 3.13. The zero-order valence-electron chi connectivity index (χ0n) is 11.1. The molecule has 0 saturated heterocycles. The number of aryl methyl sites for hydroxylation is 2. The van der Waals surface area contributed by atoms with Crippen molar-refractivity contribution in [1.29, 1.82) is 0 Å². The van der Waals surface area contributed by atoms with Crippen molar-refractivity contribution in [3.05, 3.63) is 59.2 Å². The van der Waals surface area contributed by atoms with Gasteiger partial charge in [0.05, 0.1) is 11.3 Å². The first-order valence-corrected chi connectivity index (χ1v) is 6.30. The molecule has 2 aromatic carbocycles. The topological polar surface area (TPSA) is 49.3 Å². The van der Waals surface area contributed by atoms with Crippen molar-refractivity contribution < 1.29 is 9.90 Å². The minimum atomic E-state index is -0.920. The summed E-state index contributed by atoms with van der Waals surface area (Å²) in [7, 11) is 0. The maximum atomic E-state index is 11.2. The largest absolute Gasteiger partial charge is 0.478 e. The molecule has 19 heavy (non-hydrogen) atoms. The molecule has 0 saturated carbocycles. The van der Waals surface area contributed by atoms with E-state index < -0.39 is 5.97 Å². The van der Waals surface area contributed by atoms with Gasteiger partial charge >= 0.3 is 5.97 Å². The van der Waals surface area contributed by atoms with Crippen LogP contribution in [0.4, 0.5) is 11.4 Å². The molecular weight excluding hydrogens is 238 g/mol. The van der Waals surface area contributed by atoms with Crippen LogP contribution in [0.15, 0.2) is 42.5 Å². The fourth-order valence-electron chi connectivity index (χ4n) is 1.92. The predicted molar refractivity (Wildman–Crippen MR) is 77.2 cm³/mol. The molecule has 0 unspecified atom stereocenters. The molecule has 3 heteroatoms. The number of anilines is 2. The van der Waals surface area contributed by atoms with Crippen LogP contribution < -0.4 is 5.32 Å². The fourth-order valence-corrected chi connectivity index (χ4v) is 1.92. The van der Waals surface area contributed by atoms with Gasteiger partial charge in [0, 0.05) is 5.69 Å². The lowest BCUT2D eigenvalue weighted by Crippen LogP contribution is -2.03. The summed E-state index contributed by atoms with van der Waals surface area (Å²) in [6, 6.07) is 13.4. The van der Waals surface area contributed by atoms with Crippen molar-refractivity contribution in [2.24, 2.45) is 0 Å². The van der Waals surface area contributed by atoms with E-state index in [1.165, 1.54) is 5.56 Å². The second kappa shape index (κ2) is 5.57. The number of nitrogens with one attached hydrogen (secondary N) is 1. The Hall–Kier alpha value is -2.29. The lowest BCUT2D eigenvalue weighted by molar-refractivity contribution is 0.0698. The molecule has 98 valence electrons. The number of aromatic carboxylic acids is 1. The predicted octanol–water partition coefficient (Wildman–Crippen LogP) is 4.00.